The monoisotopic (exact) mass is 510 g/mol. The maximum absolute atomic E-state index is 10.5. The van der Waals surface area contributed by atoms with Gasteiger partial charge in [0.2, 0.25) is 0 Å². The van der Waals surface area contributed by atoms with Crippen LogP contribution in [0.2, 0.25) is 0 Å². The molecule has 0 aromatic carbocycles. The quantitative estimate of drug-likeness (QED) is 0.218. The first-order valence-corrected chi connectivity index (χ1v) is 12.3. The highest BCUT2D eigenvalue weighted by Crippen LogP contribution is 2.32. The van der Waals surface area contributed by atoms with E-state index in [0.717, 1.165) is 0 Å². The molecular weight excluding hydrogens is 468 g/mol. The summed E-state index contributed by atoms with van der Waals surface area (Å²) >= 11 is 0. The molecule has 3 aliphatic heterocycles. The zero-order chi connectivity index (χ0) is 26.0. The number of aliphatic hydroxyl groups excluding tert-OH is 6. The van der Waals surface area contributed by atoms with Crippen LogP contribution in [0.3, 0.4) is 0 Å². The SMILES string of the molecule is CC[C@H]1O[C@@H](OC[C@H]2O[C@@H](OC3C(C)OC(C(C)C)CC3OC)[C@H](O)[C@@H](O)[C@@H]2O)[C@H](O)[C@@H](O)[C@@H]1O. The summed E-state index contributed by atoms with van der Waals surface area (Å²) in [6, 6.07) is 0. The highest BCUT2D eigenvalue weighted by Gasteiger charge is 2.49. The van der Waals surface area contributed by atoms with Gasteiger partial charge >= 0.3 is 0 Å². The van der Waals surface area contributed by atoms with Crippen LogP contribution in [0, 0.1) is 5.92 Å². The van der Waals surface area contributed by atoms with Gasteiger partial charge in [-0.1, -0.05) is 20.8 Å². The Hall–Kier alpha value is -0.480. The Labute approximate surface area is 205 Å². The van der Waals surface area contributed by atoms with Gasteiger partial charge in [-0.2, -0.15) is 0 Å². The van der Waals surface area contributed by atoms with Gasteiger partial charge in [0, 0.05) is 13.5 Å². The third-order valence-corrected chi connectivity index (χ3v) is 7.18. The van der Waals surface area contributed by atoms with Crippen LogP contribution in [-0.2, 0) is 28.4 Å². The molecule has 4 unspecified atom stereocenters. The molecule has 3 fully saturated rings. The van der Waals surface area contributed by atoms with Crippen molar-refractivity contribution in [2.45, 2.75) is 126 Å². The second-order valence-electron chi connectivity index (χ2n) is 10.0. The molecule has 3 saturated heterocycles. The van der Waals surface area contributed by atoms with E-state index >= 15 is 0 Å². The van der Waals surface area contributed by atoms with E-state index in [9.17, 15) is 30.6 Å². The molecule has 0 aromatic heterocycles. The first-order valence-electron chi connectivity index (χ1n) is 12.3. The van der Waals surface area contributed by atoms with Crippen molar-refractivity contribution in [1.29, 1.82) is 0 Å². The van der Waals surface area contributed by atoms with Crippen LogP contribution in [0.4, 0.5) is 0 Å². The van der Waals surface area contributed by atoms with Crippen LogP contribution < -0.4 is 0 Å². The molecular formula is C23H42O12. The molecule has 0 spiro atoms. The zero-order valence-corrected chi connectivity index (χ0v) is 20.9. The van der Waals surface area contributed by atoms with Crippen LogP contribution >= 0.6 is 0 Å². The van der Waals surface area contributed by atoms with Gasteiger partial charge in [0.15, 0.2) is 12.6 Å². The molecule has 3 aliphatic rings. The first-order chi connectivity index (χ1) is 16.5. The Morgan fingerprint density at radius 2 is 1.37 bits per heavy atom. The summed E-state index contributed by atoms with van der Waals surface area (Å²) in [5.74, 6) is 0.273. The topological polar surface area (TPSA) is 177 Å². The summed E-state index contributed by atoms with van der Waals surface area (Å²) in [5.41, 5.74) is 0. The average Bonchev–Trinajstić information content (AvgIpc) is 2.83. The summed E-state index contributed by atoms with van der Waals surface area (Å²) < 4.78 is 34.5. The van der Waals surface area contributed by atoms with E-state index in [2.05, 4.69) is 13.8 Å². The maximum Gasteiger partial charge on any atom is 0.187 e. The Bertz CT molecular complexity index is 650. The molecule has 0 amide bonds. The second kappa shape index (κ2) is 12.4. The summed E-state index contributed by atoms with van der Waals surface area (Å²) in [6.07, 6.45) is -13.9. The molecule has 206 valence electrons. The first kappa shape index (κ1) is 29.1. The van der Waals surface area contributed by atoms with Crippen molar-refractivity contribution in [3.05, 3.63) is 0 Å². The Morgan fingerprint density at radius 1 is 0.800 bits per heavy atom. The number of rotatable bonds is 8. The number of hydrogen-bond donors (Lipinski definition) is 6. The lowest BCUT2D eigenvalue weighted by Crippen LogP contribution is -2.62. The van der Waals surface area contributed by atoms with Gasteiger partial charge in [-0.05, 0) is 19.3 Å². The molecule has 0 aliphatic carbocycles. The Balaban J connectivity index is 1.65. The van der Waals surface area contributed by atoms with Gasteiger partial charge in [-0.3, -0.25) is 0 Å². The van der Waals surface area contributed by atoms with E-state index in [1.54, 1.807) is 14.0 Å². The van der Waals surface area contributed by atoms with E-state index in [1.165, 1.54) is 0 Å². The molecule has 35 heavy (non-hydrogen) atoms. The van der Waals surface area contributed by atoms with Gasteiger partial charge in [-0.25, -0.2) is 0 Å². The number of aliphatic hydroxyl groups is 6. The smallest absolute Gasteiger partial charge is 0.187 e. The van der Waals surface area contributed by atoms with Crippen molar-refractivity contribution in [3.63, 3.8) is 0 Å². The largest absolute Gasteiger partial charge is 0.388 e. The lowest BCUT2D eigenvalue weighted by atomic mass is 9.92. The highest BCUT2D eigenvalue weighted by atomic mass is 16.7. The minimum atomic E-state index is -1.60. The molecule has 0 radical (unpaired) electrons. The lowest BCUT2D eigenvalue weighted by Gasteiger charge is -2.46. The van der Waals surface area contributed by atoms with E-state index in [0.29, 0.717) is 12.8 Å². The van der Waals surface area contributed by atoms with Gasteiger partial charge in [0.1, 0.15) is 48.8 Å². The molecule has 14 atom stereocenters. The van der Waals surface area contributed by atoms with Crippen molar-refractivity contribution < 1.29 is 59.1 Å². The van der Waals surface area contributed by atoms with Crippen molar-refractivity contribution in [2.75, 3.05) is 13.7 Å². The number of methoxy groups -OCH3 is 1. The van der Waals surface area contributed by atoms with Crippen LogP contribution in [0.25, 0.3) is 0 Å². The van der Waals surface area contributed by atoms with Crippen LogP contribution in [0.15, 0.2) is 0 Å². The van der Waals surface area contributed by atoms with Crippen molar-refractivity contribution >= 4 is 0 Å². The van der Waals surface area contributed by atoms with E-state index < -0.39 is 67.5 Å². The minimum Gasteiger partial charge on any atom is -0.388 e. The minimum absolute atomic E-state index is 0.0247. The van der Waals surface area contributed by atoms with E-state index in [1.807, 2.05) is 6.92 Å². The fourth-order valence-electron chi connectivity index (χ4n) is 4.83. The molecule has 12 nitrogen and oxygen atoms in total. The van der Waals surface area contributed by atoms with Crippen LogP contribution in [0.1, 0.15) is 40.5 Å². The highest BCUT2D eigenvalue weighted by molar-refractivity contribution is 4.93. The number of ether oxygens (including phenoxy) is 6. The van der Waals surface area contributed by atoms with Crippen molar-refractivity contribution in [1.82, 2.24) is 0 Å². The third-order valence-electron chi connectivity index (χ3n) is 7.18. The maximum atomic E-state index is 10.5. The number of hydrogen-bond acceptors (Lipinski definition) is 12. The zero-order valence-electron chi connectivity index (χ0n) is 20.9. The Morgan fingerprint density at radius 3 is 1.94 bits per heavy atom. The van der Waals surface area contributed by atoms with Crippen molar-refractivity contribution in [2.24, 2.45) is 5.92 Å². The normalized spacial score (nSPS) is 49.4. The Kier molecular flexibility index (Phi) is 10.3. The molecule has 0 aromatic rings. The molecule has 3 rings (SSSR count). The van der Waals surface area contributed by atoms with Crippen LogP contribution in [0.5, 0.6) is 0 Å². The molecule has 12 heteroatoms. The predicted molar refractivity (Wildman–Crippen MR) is 119 cm³/mol. The summed E-state index contributed by atoms with van der Waals surface area (Å²) in [4.78, 5) is 0. The summed E-state index contributed by atoms with van der Waals surface area (Å²) in [6.45, 7) is 7.33. The van der Waals surface area contributed by atoms with Crippen LogP contribution in [-0.4, -0.2) is 130 Å². The molecule has 3 heterocycles. The lowest BCUT2D eigenvalue weighted by molar-refractivity contribution is -0.347. The molecule has 0 bridgehead atoms. The molecule has 0 saturated carbocycles. The fourth-order valence-corrected chi connectivity index (χ4v) is 4.83. The van der Waals surface area contributed by atoms with Crippen molar-refractivity contribution in [3.8, 4) is 0 Å². The average molecular weight is 511 g/mol. The molecule has 6 N–H and O–H groups in total. The summed E-state index contributed by atoms with van der Waals surface area (Å²) in [5, 5.41) is 61.7. The predicted octanol–water partition coefficient (Wildman–Crippen LogP) is -1.74. The standard InChI is InChI=1S/C23H42O12/c1-6-11-15(24)17(26)19(28)22(33-11)31-8-14-16(25)18(27)20(29)23(34-14)35-21-10(4)32-12(9(2)3)7-13(21)30-5/h9-29H,6-8H2,1-5H3/t10?,11-,12?,13?,14-,15-,16-,17+,18+,19-,20-,21?,22-,23+/m1/s1. The van der Waals surface area contributed by atoms with Gasteiger partial charge in [0.05, 0.1) is 31.0 Å². The third kappa shape index (κ3) is 6.33. The summed E-state index contributed by atoms with van der Waals surface area (Å²) in [7, 11) is 1.56. The van der Waals surface area contributed by atoms with Gasteiger partial charge < -0.3 is 59.1 Å². The van der Waals surface area contributed by atoms with E-state index in [-0.39, 0.29) is 30.8 Å². The van der Waals surface area contributed by atoms with Gasteiger partial charge in [0.25, 0.3) is 0 Å². The fraction of sp³-hybridized carbons (Fsp3) is 1.00. The van der Waals surface area contributed by atoms with Gasteiger partial charge in [-0.15, -0.1) is 0 Å². The second-order valence-corrected chi connectivity index (χ2v) is 10.0. The van der Waals surface area contributed by atoms with E-state index in [4.69, 9.17) is 28.4 Å².